The van der Waals surface area contributed by atoms with E-state index in [-0.39, 0.29) is 18.2 Å². The number of benzene rings is 2. The zero-order valence-corrected chi connectivity index (χ0v) is 18.9. The van der Waals surface area contributed by atoms with Gasteiger partial charge in [-0.05, 0) is 44.0 Å². The number of fused-ring (bicyclic) bond motifs is 1. The summed E-state index contributed by atoms with van der Waals surface area (Å²) in [5.74, 6) is -1.49. The van der Waals surface area contributed by atoms with Crippen LogP contribution in [0.15, 0.2) is 53.7 Å². The van der Waals surface area contributed by atoms with Crippen molar-refractivity contribution in [3.8, 4) is 0 Å². The molecule has 8 nitrogen and oxygen atoms in total. The number of esters is 1. The first-order valence-electron chi connectivity index (χ1n) is 10.0. The van der Waals surface area contributed by atoms with Crippen LogP contribution in [0.3, 0.4) is 0 Å². The van der Waals surface area contributed by atoms with Crippen LogP contribution in [0, 0.1) is 13.8 Å². The van der Waals surface area contributed by atoms with Crippen molar-refractivity contribution in [3.63, 3.8) is 0 Å². The summed E-state index contributed by atoms with van der Waals surface area (Å²) in [5, 5.41) is 5.85. The predicted molar refractivity (Wildman–Crippen MR) is 123 cm³/mol. The average Bonchev–Trinajstić information content (AvgIpc) is 2.78. The molecule has 9 heteroatoms. The molecule has 0 spiro atoms. The number of hydrogen-bond acceptors (Lipinski definition) is 7. The molecule has 3 aromatic rings. The van der Waals surface area contributed by atoms with Crippen LogP contribution in [0.1, 0.15) is 18.1 Å². The van der Waals surface area contributed by atoms with Gasteiger partial charge in [-0.15, -0.1) is 0 Å². The van der Waals surface area contributed by atoms with Gasteiger partial charge in [0.05, 0.1) is 29.5 Å². The van der Waals surface area contributed by atoms with Crippen LogP contribution < -0.4 is 10.6 Å². The smallest absolute Gasteiger partial charge is 0.317 e. The van der Waals surface area contributed by atoms with Gasteiger partial charge in [-0.2, -0.15) is 0 Å². The van der Waals surface area contributed by atoms with E-state index in [2.05, 4.69) is 20.6 Å². The van der Waals surface area contributed by atoms with E-state index >= 15 is 0 Å². The number of nitrogens with one attached hydrogen (secondary N) is 2. The summed E-state index contributed by atoms with van der Waals surface area (Å²) in [5.41, 5.74) is 4.09. The zero-order valence-electron chi connectivity index (χ0n) is 18.0. The minimum atomic E-state index is -1.03. The molecule has 0 saturated heterocycles. The molecular weight excluding hydrogens is 428 g/mol. The summed E-state index contributed by atoms with van der Waals surface area (Å²) in [6.07, 6.45) is 0.560. The second-order valence-corrected chi connectivity index (χ2v) is 8.15. The van der Waals surface area contributed by atoms with Crippen molar-refractivity contribution in [3.05, 3.63) is 59.8 Å². The lowest BCUT2D eigenvalue weighted by molar-refractivity contribution is -0.152. The Balaban J connectivity index is 1.43. The first-order valence-corrected chi connectivity index (χ1v) is 11.0. The van der Waals surface area contributed by atoms with Crippen molar-refractivity contribution in [2.75, 3.05) is 17.6 Å². The Hall–Kier alpha value is -3.46. The zero-order chi connectivity index (χ0) is 23.1. The fraction of sp³-hybridized carbons (Fsp3) is 0.261. The molecule has 2 N–H and O–H groups in total. The van der Waals surface area contributed by atoms with Crippen LogP contribution in [0.5, 0.6) is 0 Å². The lowest BCUT2D eigenvalue weighted by atomic mass is 10.1. The van der Waals surface area contributed by atoms with Gasteiger partial charge in [-0.1, -0.05) is 42.1 Å². The molecule has 0 bridgehead atoms. The maximum atomic E-state index is 12.2. The van der Waals surface area contributed by atoms with Crippen molar-refractivity contribution in [1.29, 1.82) is 0 Å². The van der Waals surface area contributed by atoms with Gasteiger partial charge in [0, 0.05) is 5.69 Å². The quantitative estimate of drug-likeness (QED) is 0.399. The van der Waals surface area contributed by atoms with Gasteiger partial charge in [-0.25, -0.2) is 4.98 Å². The van der Waals surface area contributed by atoms with E-state index in [1.165, 1.54) is 18.7 Å². The SMILES string of the molecule is Cc1cccc(C)c1NC(=O)CNC(=O)C(C)OC(=O)CSc1cnc2ccccc2n1. The number of nitrogens with zero attached hydrogens (tertiary/aromatic N) is 2. The van der Waals surface area contributed by atoms with Crippen LogP contribution in [0.25, 0.3) is 11.0 Å². The molecule has 0 saturated carbocycles. The Kier molecular flexibility index (Phi) is 7.77. The summed E-state index contributed by atoms with van der Waals surface area (Å²) >= 11 is 1.18. The molecule has 1 unspecified atom stereocenters. The van der Waals surface area contributed by atoms with Crippen LogP contribution >= 0.6 is 11.8 Å². The summed E-state index contributed by atoms with van der Waals surface area (Å²) in [4.78, 5) is 45.2. The molecule has 3 rings (SSSR count). The number of carbonyl (C=O) groups is 3. The molecule has 32 heavy (non-hydrogen) atoms. The molecule has 2 amide bonds. The number of aryl methyl sites for hydroxylation is 2. The third kappa shape index (κ3) is 6.27. The second kappa shape index (κ2) is 10.7. The summed E-state index contributed by atoms with van der Waals surface area (Å²) < 4.78 is 5.16. The van der Waals surface area contributed by atoms with E-state index in [1.54, 1.807) is 6.20 Å². The van der Waals surface area contributed by atoms with Crippen molar-refractivity contribution < 1.29 is 19.1 Å². The Morgan fingerprint density at radius 1 is 1.03 bits per heavy atom. The topological polar surface area (TPSA) is 110 Å². The van der Waals surface area contributed by atoms with Gasteiger partial charge in [-0.3, -0.25) is 19.4 Å². The van der Waals surface area contributed by atoms with E-state index in [4.69, 9.17) is 4.74 Å². The van der Waals surface area contributed by atoms with Gasteiger partial charge in [0.1, 0.15) is 5.03 Å². The Labute approximate surface area is 190 Å². The Morgan fingerprint density at radius 2 is 1.72 bits per heavy atom. The minimum absolute atomic E-state index is 0.0162. The number of aromatic nitrogens is 2. The molecular formula is C23H24N4O4S. The summed E-state index contributed by atoms with van der Waals surface area (Å²) in [6.45, 7) is 5.02. The molecule has 166 valence electrons. The minimum Gasteiger partial charge on any atom is -0.452 e. The van der Waals surface area contributed by atoms with Crippen LogP contribution in [0.4, 0.5) is 5.69 Å². The van der Waals surface area contributed by atoms with E-state index in [0.717, 1.165) is 27.8 Å². The number of hydrogen-bond donors (Lipinski definition) is 2. The van der Waals surface area contributed by atoms with Crippen molar-refractivity contribution in [2.24, 2.45) is 0 Å². The second-order valence-electron chi connectivity index (χ2n) is 7.15. The summed E-state index contributed by atoms with van der Waals surface area (Å²) in [6, 6.07) is 13.1. The third-order valence-corrected chi connectivity index (χ3v) is 5.48. The molecule has 0 aliphatic rings. The van der Waals surface area contributed by atoms with Crippen molar-refractivity contribution in [2.45, 2.75) is 31.9 Å². The normalized spacial score (nSPS) is 11.6. The van der Waals surface area contributed by atoms with E-state index in [0.29, 0.717) is 5.03 Å². The lowest BCUT2D eigenvalue weighted by Crippen LogP contribution is -2.40. The first kappa shape index (κ1) is 23.2. The average molecular weight is 453 g/mol. The third-order valence-electron chi connectivity index (χ3n) is 4.61. The van der Waals surface area contributed by atoms with E-state index in [1.807, 2.05) is 56.3 Å². The van der Waals surface area contributed by atoms with Crippen molar-refractivity contribution >= 4 is 46.3 Å². The number of ether oxygens (including phenoxy) is 1. The number of carbonyl (C=O) groups excluding carboxylic acids is 3. The summed E-state index contributed by atoms with van der Waals surface area (Å²) in [7, 11) is 0. The van der Waals surface area contributed by atoms with Crippen molar-refractivity contribution in [1.82, 2.24) is 15.3 Å². The highest BCUT2D eigenvalue weighted by molar-refractivity contribution is 7.99. The Bertz CT molecular complexity index is 1130. The number of anilines is 1. The fourth-order valence-corrected chi connectivity index (χ4v) is 3.56. The Morgan fingerprint density at radius 3 is 2.44 bits per heavy atom. The maximum Gasteiger partial charge on any atom is 0.317 e. The van der Waals surface area contributed by atoms with Gasteiger partial charge >= 0.3 is 5.97 Å². The lowest BCUT2D eigenvalue weighted by Gasteiger charge is -2.14. The largest absolute Gasteiger partial charge is 0.452 e. The first-order chi connectivity index (χ1) is 15.3. The van der Waals surface area contributed by atoms with Gasteiger partial charge < -0.3 is 15.4 Å². The fourth-order valence-electron chi connectivity index (χ4n) is 2.93. The van der Waals surface area contributed by atoms with E-state index in [9.17, 15) is 14.4 Å². The molecule has 0 aliphatic carbocycles. The van der Waals surface area contributed by atoms with Crippen LogP contribution in [-0.4, -0.2) is 46.2 Å². The van der Waals surface area contributed by atoms with Crippen LogP contribution in [0.2, 0.25) is 0 Å². The van der Waals surface area contributed by atoms with E-state index < -0.39 is 18.0 Å². The standard InChI is InChI=1S/C23H24N4O4S/c1-14-7-6-8-15(2)22(14)27-19(28)11-25-23(30)16(3)31-21(29)13-32-20-12-24-17-9-4-5-10-18(17)26-20/h4-10,12,16H,11,13H2,1-3H3,(H,25,30)(H,27,28). The number of para-hydroxylation sites is 3. The highest BCUT2D eigenvalue weighted by Crippen LogP contribution is 2.19. The number of rotatable bonds is 8. The van der Waals surface area contributed by atoms with Crippen LogP contribution in [-0.2, 0) is 19.1 Å². The molecule has 0 radical (unpaired) electrons. The molecule has 2 aromatic carbocycles. The molecule has 1 heterocycles. The highest BCUT2D eigenvalue weighted by Gasteiger charge is 2.19. The monoisotopic (exact) mass is 452 g/mol. The van der Waals surface area contributed by atoms with Gasteiger partial charge in [0.15, 0.2) is 6.10 Å². The molecule has 0 aliphatic heterocycles. The molecule has 0 fully saturated rings. The number of amides is 2. The maximum absolute atomic E-state index is 12.2. The molecule has 1 atom stereocenters. The van der Waals surface area contributed by atoms with Gasteiger partial charge in [0.25, 0.3) is 5.91 Å². The number of thioether (sulfide) groups is 1. The van der Waals surface area contributed by atoms with Gasteiger partial charge in [0.2, 0.25) is 5.91 Å². The molecule has 1 aromatic heterocycles. The predicted octanol–water partition coefficient (Wildman–Crippen LogP) is 3.03. The highest BCUT2D eigenvalue weighted by atomic mass is 32.2.